The zero-order valence-corrected chi connectivity index (χ0v) is 14.6. The molecule has 0 aromatic rings. The molecule has 0 aliphatic heterocycles. The highest BCUT2D eigenvalue weighted by molar-refractivity contribution is 9.09. The molecular weight excluding hydrogens is 290 g/mol. The molecule has 0 bridgehead atoms. The molecule has 1 unspecified atom stereocenters. The Morgan fingerprint density at radius 3 is 2.06 bits per heavy atom. The second-order valence-electron chi connectivity index (χ2n) is 5.50. The predicted octanol–water partition coefficient (Wildman–Crippen LogP) is 4.32. The van der Waals surface area contributed by atoms with Gasteiger partial charge in [-0.1, -0.05) is 49.5 Å². The highest BCUT2D eigenvalue weighted by atomic mass is 79.9. The van der Waals surface area contributed by atoms with Crippen LogP contribution in [0.25, 0.3) is 0 Å². The van der Waals surface area contributed by atoms with Crippen molar-refractivity contribution >= 4 is 15.9 Å². The summed E-state index contributed by atoms with van der Waals surface area (Å²) in [6, 6.07) is 0.507. The highest BCUT2D eigenvalue weighted by Gasteiger charge is 2.30. The fraction of sp³-hybridized carbons (Fsp3) is 1.00. The molecule has 0 rings (SSSR count). The third-order valence-corrected chi connectivity index (χ3v) is 5.01. The van der Waals surface area contributed by atoms with Crippen LogP contribution in [0.15, 0.2) is 0 Å². The number of halogens is 1. The summed E-state index contributed by atoms with van der Waals surface area (Å²) in [6.45, 7) is 12.2. The quantitative estimate of drug-likeness (QED) is 0.525. The first-order valence-electron chi connectivity index (χ1n) is 7.38. The maximum atomic E-state index is 5.30. The Labute approximate surface area is 123 Å². The average Bonchev–Trinajstić information content (AvgIpc) is 2.36. The van der Waals surface area contributed by atoms with Gasteiger partial charge in [0.1, 0.15) is 0 Å². The van der Waals surface area contributed by atoms with E-state index in [-0.39, 0.29) is 0 Å². The molecule has 0 amide bonds. The molecule has 0 heterocycles. The van der Waals surface area contributed by atoms with Crippen LogP contribution in [0.3, 0.4) is 0 Å². The standard InChI is InChI=1S/C15H32BrNO/c1-6-9-15(12-16,10-7-2)13-17(8-3)14(4)11-18-5/h14H,6-13H2,1-5H3. The van der Waals surface area contributed by atoms with E-state index in [9.17, 15) is 0 Å². The number of hydrogen-bond acceptors (Lipinski definition) is 2. The zero-order chi connectivity index (χ0) is 14.0. The summed E-state index contributed by atoms with van der Waals surface area (Å²) in [5.74, 6) is 0. The maximum absolute atomic E-state index is 5.30. The van der Waals surface area contributed by atoms with Gasteiger partial charge >= 0.3 is 0 Å². The Morgan fingerprint density at radius 2 is 1.72 bits per heavy atom. The number of rotatable bonds is 11. The Bertz CT molecular complexity index is 193. The largest absolute Gasteiger partial charge is 0.383 e. The average molecular weight is 322 g/mol. The Hall–Kier alpha value is 0.400. The molecule has 2 nitrogen and oxygen atoms in total. The van der Waals surface area contributed by atoms with E-state index >= 15 is 0 Å². The third kappa shape index (κ3) is 6.03. The predicted molar refractivity (Wildman–Crippen MR) is 84.6 cm³/mol. The lowest BCUT2D eigenvalue weighted by atomic mass is 9.80. The number of ether oxygens (including phenoxy) is 1. The van der Waals surface area contributed by atoms with E-state index < -0.39 is 0 Å². The summed E-state index contributed by atoms with van der Waals surface area (Å²) in [7, 11) is 1.79. The van der Waals surface area contributed by atoms with Gasteiger partial charge in [0.15, 0.2) is 0 Å². The van der Waals surface area contributed by atoms with Crippen molar-refractivity contribution in [1.82, 2.24) is 4.90 Å². The molecular formula is C15H32BrNO. The molecule has 110 valence electrons. The van der Waals surface area contributed by atoms with Crippen molar-refractivity contribution in [3.8, 4) is 0 Å². The third-order valence-electron chi connectivity index (χ3n) is 3.82. The van der Waals surface area contributed by atoms with Crippen molar-refractivity contribution in [1.29, 1.82) is 0 Å². The van der Waals surface area contributed by atoms with Crippen LogP contribution in [0.5, 0.6) is 0 Å². The monoisotopic (exact) mass is 321 g/mol. The molecule has 0 aliphatic carbocycles. The van der Waals surface area contributed by atoms with Crippen molar-refractivity contribution in [3.63, 3.8) is 0 Å². The van der Waals surface area contributed by atoms with Crippen molar-refractivity contribution < 1.29 is 4.74 Å². The molecule has 0 N–H and O–H groups in total. The minimum atomic E-state index is 0.432. The van der Waals surface area contributed by atoms with E-state index in [0.29, 0.717) is 11.5 Å². The summed E-state index contributed by atoms with van der Waals surface area (Å²) in [5, 5.41) is 1.11. The molecule has 0 aromatic heterocycles. The van der Waals surface area contributed by atoms with Gasteiger partial charge in [-0.2, -0.15) is 0 Å². The molecule has 3 heteroatoms. The van der Waals surface area contributed by atoms with Crippen molar-refractivity contribution in [3.05, 3.63) is 0 Å². The van der Waals surface area contributed by atoms with Gasteiger partial charge in [0.25, 0.3) is 0 Å². The van der Waals surface area contributed by atoms with Crippen molar-refractivity contribution in [2.24, 2.45) is 5.41 Å². The van der Waals surface area contributed by atoms with Crippen molar-refractivity contribution in [2.75, 3.05) is 32.1 Å². The minimum absolute atomic E-state index is 0.432. The van der Waals surface area contributed by atoms with Crippen molar-refractivity contribution in [2.45, 2.75) is 59.4 Å². The van der Waals surface area contributed by atoms with Gasteiger partial charge in [0.2, 0.25) is 0 Å². The van der Waals surface area contributed by atoms with Gasteiger partial charge < -0.3 is 4.74 Å². The molecule has 0 spiro atoms. The van der Waals surface area contributed by atoms with Crippen LogP contribution in [-0.4, -0.2) is 43.1 Å². The van der Waals surface area contributed by atoms with E-state index in [1.807, 2.05) is 0 Å². The van der Waals surface area contributed by atoms with Crippen LogP contribution in [0.2, 0.25) is 0 Å². The minimum Gasteiger partial charge on any atom is -0.383 e. The lowest BCUT2D eigenvalue weighted by molar-refractivity contribution is 0.0662. The van der Waals surface area contributed by atoms with E-state index in [1.54, 1.807) is 7.11 Å². The number of likely N-dealkylation sites (N-methyl/N-ethyl adjacent to an activating group) is 1. The van der Waals surface area contributed by atoms with E-state index in [0.717, 1.165) is 18.5 Å². The van der Waals surface area contributed by atoms with E-state index in [2.05, 4.69) is 48.5 Å². The maximum Gasteiger partial charge on any atom is 0.0615 e. The first-order chi connectivity index (χ1) is 8.59. The first-order valence-corrected chi connectivity index (χ1v) is 8.50. The fourth-order valence-corrected chi connectivity index (χ4v) is 3.61. The summed E-state index contributed by atoms with van der Waals surface area (Å²) in [4.78, 5) is 2.57. The summed E-state index contributed by atoms with van der Waals surface area (Å²) < 4.78 is 5.30. The molecule has 0 aromatic carbocycles. The van der Waals surface area contributed by atoms with Gasteiger partial charge in [-0.05, 0) is 31.7 Å². The Kier molecular flexibility index (Phi) is 10.4. The van der Waals surface area contributed by atoms with Crippen LogP contribution in [0, 0.1) is 5.41 Å². The molecule has 0 fully saturated rings. The Morgan fingerprint density at radius 1 is 1.17 bits per heavy atom. The molecule has 0 saturated carbocycles. The number of nitrogens with zero attached hydrogens (tertiary/aromatic N) is 1. The summed E-state index contributed by atoms with van der Waals surface area (Å²) in [5.41, 5.74) is 0.432. The SMILES string of the molecule is CCCC(CBr)(CCC)CN(CC)C(C)COC. The summed E-state index contributed by atoms with van der Waals surface area (Å²) in [6.07, 6.45) is 5.15. The van der Waals surface area contributed by atoms with E-state index in [4.69, 9.17) is 4.74 Å². The van der Waals surface area contributed by atoms with E-state index in [1.165, 1.54) is 32.2 Å². The van der Waals surface area contributed by atoms with Gasteiger partial charge in [-0.25, -0.2) is 0 Å². The smallest absolute Gasteiger partial charge is 0.0615 e. The van der Waals surface area contributed by atoms with Gasteiger partial charge in [0.05, 0.1) is 6.61 Å². The normalized spacial score (nSPS) is 14.2. The fourth-order valence-electron chi connectivity index (χ4n) is 2.88. The Balaban J connectivity index is 4.68. The first kappa shape index (κ1) is 18.4. The highest BCUT2D eigenvalue weighted by Crippen LogP contribution is 2.33. The number of methoxy groups -OCH3 is 1. The van der Waals surface area contributed by atoms with Gasteiger partial charge in [0, 0.05) is 25.0 Å². The second-order valence-corrected chi connectivity index (χ2v) is 6.06. The summed E-state index contributed by atoms with van der Waals surface area (Å²) >= 11 is 3.76. The zero-order valence-electron chi connectivity index (χ0n) is 13.0. The van der Waals surface area contributed by atoms with Crippen LogP contribution >= 0.6 is 15.9 Å². The van der Waals surface area contributed by atoms with Crippen LogP contribution < -0.4 is 0 Å². The topological polar surface area (TPSA) is 12.5 Å². The molecule has 1 atom stereocenters. The molecule has 0 aliphatic rings. The van der Waals surface area contributed by atoms with Gasteiger partial charge in [-0.15, -0.1) is 0 Å². The molecule has 0 radical (unpaired) electrons. The van der Waals surface area contributed by atoms with Crippen LogP contribution in [0.1, 0.15) is 53.4 Å². The van der Waals surface area contributed by atoms with Crippen LogP contribution in [-0.2, 0) is 4.74 Å². The van der Waals surface area contributed by atoms with Gasteiger partial charge in [-0.3, -0.25) is 4.90 Å². The molecule has 0 saturated heterocycles. The number of alkyl halides is 1. The van der Waals surface area contributed by atoms with Crippen LogP contribution in [0.4, 0.5) is 0 Å². The lowest BCUT2D eigenvalue weighted by Crippen LogP contribution is -2.45. The molecule has 18 heavy (non-hydrogen) atoms. The number of hydrogen-bond donors (Lipinski definition) is 0. The second kappa shape index (κ2) is 10.2. The lowest BCUT2D eigenvalue weighted by Gasteiger charge is -2.39.